The van der Waals surface area contributed by atoms with E-state index in [0.29, 0.717) is 27.9 Å². The number of carbonyl (C=O) groups excluding carboxylic acids is 1. The summed E-state index contributed by atoms with van der Waals surface area (Å²) in [5, 5.41) is 3.24. The highest BCUT2D eigenvalue weighted by molar-refractivity contribution is 9.10. The van der Waals surface area contributed by atoms with Crippen molar-refractivity contribution in [2.45, 2.75) is 0 Å². The van der Waals surface area contributed by atoms with Crippen LogP contribution in [-0.2, 0) is 0 Å². The summed E-state index contributed by atoms with van der Waals surface area (Å²) < 4.78 is 6.48. The first-order valence-corrected chi connectivity index (χ1v) is 8.24. The second-order valence-electron chi connectivity index (χ2n) is 4.88. The van der Waals surface area contributed by atoms with Gasteiger partial charge in [0.05, 0.1) is 10.7 Å². The first kappa shape index (κ1) is 16.5. The molecule has 0 aliphatic heterocycles. The lowest BCUT2D eigenvalue weighted by atomic mass is 10.2. The summed E-state index contributed by atoms with van der Waals surface area (Å²) in [6.45, 7) is 0. The van der Waals surface area contributed by atoms with Gasteiger partial charge in [-0.3, -0.25) is 4.79 Å². The van der Waals surface area contributed by atoms with Gasteiger partial charge in [0.2, 0.25) is 5.88 Å². The Morgan fingerprint density at radius 3 is 2.71 bits per heavy atom. The average molecular weight is 404 g/mol. The van der Waals surface area contributed by atoms with Crippen LogP contribution in [0.1, 0.15) is 10.4 Å². The predicted molar refractivity (Wildman–Crippen MR) is 97.9 cm³/mol. The molecule has 1 N–H and O–H groups in total. The molecule has 0 aliphatic rings. The first-order valence-electron chi connectivity index (χ1n) is 7.07. The molecule has 2 aromatic carbocycles. The molecule has 3 rings (SSSR count). The lowest BCUT2D eigenvalue weighted by Crippen LogP contribution is -2.12. The number of nitrogens with zero attached hydrogens (tertiary/aromatic N) is 1. The zero-order valence-electron chi connectivity index (χ0n) is 12.4. The smallest absolute Gasteiger partial charge is 0.255 e. The maximum atomic E-state index is 12.4. The van der Waals surface area contributed by atoms with Crippen molar-refractivity contribution in [1.29, 1.82) is 0 Å². The Hall–Kier alpha value is -2.37. The summed E-state index contributed by atoms with van der Waals surface area (Å²) in [4.78, 5) is 16.5. The first-order chi connectivity index (χ1) is 11.6. The van der Waals surface area contributed by atoms with Crippen molar-refractivity contribution in [3.05, 3.63) is 81.9 Å². The van der Waals surface area contributed by atoms with Crippen LogP contribution in [0.15, 0.2) is 71.3 Å². The van der Waals surface area contributed by atoms with Crippen LogP contribution in [0.2, 0.25) is 5.02 Å². The van der Waals surface area contributed by atoms with Crippen molar-refractivity contribution in [3.63, 3.8) is 0 Å². The molecular formula is C18H12BrClN2O2. The van der Waals surface area contributed by atoms with Gasteiger partial charge < -0.3 is 10.1 Å². The fraction of sp³-hybridized carbons (Fsp3) is 0. The molecule has 6 heteroatoms. The molecule has 120 valence electrons. The molecule has 0 fully saturated rings. The molecule has 1 amide bonds. The fourth-order valence-electron chi connectivity index (χ4n) is 2.01. The van der Waals surface area contributed by atoms with E-state index < -0.39 is 0 Å². The molecule has 0 saturated heterocycles. The van der Waals surface area contributed by atoms with Crippen LogP contribution >= 0.6 is 27.5 Å². The van der Waals surface area contributed by atoms with Crippen LogP contribution in [0.4, 0.5) is 5.69 Å². The van der Waals surface area contributed by atoms with Gasteiger partial charge in [-0.25, -0.2) is 4.98 Å². The Labute approximate surface area is 152 Å². The van der Waals surface area contributed by atoms with Gasteiger partial charge in [0, 0.05) is 22.3 Å². The molecule has 0 atom stereocenters. The van der Waals surface area contributed by atoms with E-state index in [1.807, 2.05) is 12.1 Å². The summed E-state index contributed by atoms with van der Waals surface area (Å²) in [7, 11) is 0. The van der Waals surface area contributed by atoms with Crippen LogP contribution in [-0.4, -0.2) is 10.9 Å². The zero-order chi connectivity index (χ0) is 16.9. The average Bonchev–Trinajstić information content (AvgIpc) is 2.58. The number of halogens is 2. The zero-order valence-corrected chi connectivity index (χ0v) is 14.7. The Balaban J connectivity index is 1.77. The number of hydrogen-bond acceptors (Lipinski definition) is 3. The van der Waals surface area contributed by atoms with Gasteiger partial charge in [-0.05, 0) is 42.5 Å². The maximum absolute atomic E-state index is 12.4. The third kappa shape index (κ3) is 4.13. The largest absolute Gasteiger partial charge is 0.439 e. The predicted octanol–water partition coefficient (Wildman–Crippen LogP) is 5.54. The molecule has 24 heavy (non-hydrogen) atoms. The van der Waals surface area contributed by atoms with Gasteiger partial charge in [-0.15, -0.1) is 0 Å². The summed E-state index contributed by atoms with van der Waals surface area (Å²) in [5.74, 6) is 0.722. The van der Waals surface area contributed by atoms with Crippen molar-refractivity contribution in [2.24, 2.45) is 0 Å². The molecule has 1 heterocycles. The van der Waals surface area contributed by atoms with E-state index >= 15 is 0 Å². The van der Waals surface area contributed by atoms with E-state index in [0.717, 1.165) is 4.47 Å². The van der Waals surface area contributed by atoms with Crippen molar-refractivity contribution < 1.29 is 9.53 Å². The fourth-order valence-corrected chi connectivity index (χ4v) is 2.74. The number of anilines is 1. The van der Waals surface area contributed by atoms with Gasteiger partial charge in [-0.1, -0.05) is 39.7 Å². The van der Waals surface area contributed by atoms with Gasteiger partial charge in [0.15, 0.2) is 0 Å². The van der Waals surface area contributed by atoms with Crippen LogP contribution in [0.25, 0.3) is 0 Å². The second-order valence-corrected chi connectivity index (χ2v) is 6.20. The third-order valence-electron chi connectivity index (χ3n) is 3.14. The summed E-state index contributed by atoms with van der Waals surface area (Å²) in [5.41, 5.74) is 1.00. The quantitative estimate of drug-likeness (QED) is 0.622. The number of aromatic nitrogens is 1. The topological polar surface area (TPSA) is 51.2 Å². The van der Waals surface area contributed by atoms with Gasteiger partial charge in [0.25, 0.3) is 5.91 Å². The van der Waals surface area contributed by atoms with Crippen molar-refractivity contribution >= 4 is 39.1 Å². The number of carbonyl (C=O) groups is 1. The highest BCUT2D eigenvalue weighted by Gasteiger charge is 2.10. The highest BCUT2D eigenvalue weighted by atomic mass is 79.9. The molecule has 3 aromatic rings. The van der Waals surface area contributed by atoms with E-state index in [4.69, 9.17) is 16.3 Å². The van der Waals surface area contributed by atoms with Crippen LogP contribution in [0.3, 0.4) is 0 Å². The molecule has 0 spiro atoms. The number of hydrogen-bond donors (Lipinski definition) is 1. The molecule has 0 saturated carbocycles. The Bertz CT molecular complexity index is 872. The standard InChI is InChI=1S/C18H12BrClN2O2/c19-13-7-8-16(15(20)11-13)22-18(23)12-4-3-5-14(10-12)24-17-6-1-2-9-21-17/h1-11H,(H,22,23). The number of ether oxygens (including phenoxy) is 1. The minimum atomic E-state index is -0.273. The molecule has 0 radical (unpaired) electrons. The minimum Gasteiger partial charge on any atom is -0.439 e. The molecule has 0 aliphatic carbocycles. The summed E-state index contributed by atoms with van der Waals surface area (Å²) >= 11 is 9.45. The number of pyridine rings is 1. The van der Waals surface area contributed by atoms with E-state index in [2.05, 4.69) is 26.2 Å². The molecular weight excluding hydrogens is 392 g/mol. The third-order valence-corrected chi connectivity index (χ3v) is 3.94. The summed E-state index contributed by atoms with van der Waals surface area (Å²) in [6, 6.07) is 17.5. The Kier molecular flexibility index (Phi) is 5.13. The lowest BCUT2D eigenvalue weighted by molar-refractivity contribution is 0.102. The van der Waals surface area contributed by atoms with Crippen LogP contribution in [0, 0.1) is 0 Å². The number of nitrogens with one attached hydrogen (secondary N) is 1. The highest BCUT2D eigenvalue weighted by Crippen LogP contribution is 2.26. The van der Waals surface area contributed by atoms with Crippen LogP contribution < -0.4 is 10.1 Å². The number of rotatable bonds is 4. The number of benzene rings is 2. The van der Waals surface area contributed by atoms with Crippen molar-refractivity contribution in [3.8, 4) is 11.6 Å². The Morgan fingerprint density at radius 2 is 1.96 bits per heavy atom. The van der Waals surface area contributed by atoms with Gasteiger partial charge >= 0.3 is 0 Å². The van der Waals surface area contributed by atoms with Crippen molar-refractivity contribution in [2.75, 3.05) is 5.32 Å². The lowest BCUT2D eigenvalue weighted by Gasteiger charge is -2.09. The molecule has 0 bridgehead atoms. The Morgan fingerprint density at radius 1 is 1.08 bits per heavy atom. The molecule has 0 unspecified atom stereocenters. The van der Waals surface area contributed by atoms with Crippen molar-refractivity contribution in [1.82, 2.24) is 4.98 Å². The summed E-state index contributed by atoms with van der Waals surface area (Å²) in [6.07, 6.45) is 1.64. The van der Waals surface area contributed by atoms with E-state index in [1.54, 1.807) is 54.7 Å². The molecule has 4 nitrogen and oxygen atoms in total. The maximum Gasteiger partial charge on any atom is 0.255 e. The van der Waals surface area contributed by atoms with E-state index in [9.17, 15) is 4.79 Å². The molecule has 1 aromatic heterocycles. The SMILES string of the molecule is O=C(Nc1ccc(Br)cc1Cl)c1cccc(Oc2ccccn2)c1. The second kappa shape index (κ2) is 7.47. The van der Waals surface area contributed by atoms with Crippen LogP contribution in [0.5, 0.6) is 11.6 Å². The minimum absolute atomic E-state index is 0.273. The monoisotopic (exact) mass is 402 g/mol. The van der Waals surface area contributed by atoms with Gasteiger partial charge in [-0.2, -0.15) is 0 Å². The normalized spacial score (nSPS) is 10.2. The van der Waals surface area contributed by atoms with Gasteiger partial charge in [0.1, 0.15) is 5.75 Å². The number of amides is 1. The van der Waals surface area contributed by atoms with E-state index in [1.165, 1.54) is 0 Å². The van der Waals surface area contributed by atoms with E-state index in [-0.39, 0.29) is 5.91 Å².